The number of rotatable bonds is 7. The van der Waals surface area contributed by atoms with E-state index in [1.165, 1.54) is 43.5 Å². The summed E-state index contributed by atoms with van der Waals surface area (Å²) in [7, 11) is -2.37. The number of hydrogen-bond donors (Lipinski definition) is 2. The van der Waals surface area contributed by atoms with E-state index in [2.05, 4.69) is 10.0 Å². The van der Waals surface area contributed by atoms with Gasteiger partial charge < -0.3 is 10.1 Å². The van der Waals surface area contributed by atoms with E-state index in [1.54, 1.807) is 6.92 Å². The molecule has 0 radical (unpaired) electrons. The molecule has 0 aliphatic heterocycles. The fraction of sp³-hybridized carbons (Fsp3) is 0.235. The molecule has 0 fully saturated rings. The molecule has 0 aliphatic carbocycles. The van der Waals surface area contributed by atoms with Gasteiger partial charge in [0.2, 0.25) is 0 Å². The number of methoxy groups -OCH3 is 1. The van der Waals surface area contributed by atoms with Crippen molar-refractivity contribution in [3.05, 3.63) is 59.9 Å². The van der Waals surface area contributed by atoms with Crippen LogP contribution < -0.4 is 10.0 Å². The fourth-order valence-electron chi connectivity index (χ4n) is 2.14. The number of carbonyl (C=O) groups excluding carboxylic acids is 1. The monoisotopic (exact) mass is 366 g/mol. The Balaban J connectivity index is 2.18. The fourth-order valence-corrected chi connectivity index (χ4v) is 3.24. The minimum absolute atomic E-state index is 0.0659. The van der Waals surface area contributed by atoms with E-state index >= 15 is 0 Å². The predicted molar refractivity (Wildman–Crippen MR) is 92.5 cm³/mol. The van der Waals surface area contributed by atoms with Crippen molar-refractivity contribution in [3.8, 4) is 0 Å². The van der Waals surface area contributed by atoms with Crippen molar-refractivity contribution in [1.29, 1.82) is 0 Å². The lowest BCUT2D eigenvalue weighted by Gasteiger charge is -2.13. The van der Waals surface area contributed by atoms with Crippen LogP contribution in [0.5, 0.6) is 0 Å². The van der Waals surface area contributed by atoms with Crippen molar-refractivity contribution >= 4 is 21.6 Å². The van der Waals surface area contributed by atoms with E-state index in [0.29, 0.717) is 6.61 Å². The first-order valence-corrected chi connectivity index (χ1v) is 8.98. The molecule has 0 spiro atoms. The number of amides is 1. The Bertz CT molecular complexity index is 838. The Morgan fingerprint density at radius 3 is 2.52 bits per heavy atom. The van der Waals surface area contributed by atoms with Gasteiger partial charge in [-0.1, -0.05) is 6.07 Å². The van der Waals surface area contributed by atoms with E-state index in [1.807, 2.05) is 0 Å². The quantitative estimate of drug-likeness (QED) is 0.788. The van der Waals surface area contributed by atoms with Gasteiger partial charge in [0, 0.05) is 24.4 Å². The number of sulfonamides is 1. The molecule has 2 N–H and O–H groups in total. The van der Waals surface area contributed by atoms with Crippen LogP contribution in [0, 0.1) is 5.82 Å². The average Bonchev–Trinajstić information content (AvgIpc) is 2.57. The Kier molecular flexibility index (Phi) is 6.11. The molecule has 2 aromatic carbocycles. The number of hydrogen-bond acceptors (Lipinski definition) is 4. The van der Waals surface area contributed by atoms with Crippen LogP contribution in [0.2, 0.25) is 0 Å². The molecule has 0 aliphatic rings. The maximum atomic E-state index is 12.9. The van der Waals surface area contributed by atoms with Gasteiger partial charge >= 0.3 is 0 Å². The molecular formula is C17H19FN2O4S. The first kappa shape index (κ1) is 18.9. The molecule has 0 heterocycles. The molecule has 8 heteroatoms. The summed E-state index contributed by atoms with van der Waals surface area (Å²) in [4.78, 5) is 12.1. The molecule has 2 rings (SSSR count). The molecule has 25 heavy (non-hydrogen) atoms. The number of ether oxygens (including phenoxy) is 1. The van der Waals surface area contributed by atoms with Crippen molar-refractivity contribution in [3.63, 3.8) is 0 Å². The zero-order valence-corrected chi connectivity index (χ0v) is 14.6. The summed E-state index contributed by atoms with van der Waals surface area (Å²) in [5.74, 6) is -0.866. The van der Waals surface area contributed by atoms with Gasteiger partial charge in [-0.25, -0.2) is 12.8 Å². The largest absolute Gasteiger partial charge is 0.383 e. The summed E-state index contributed by atoms with van der Waals surface area (Å²) in [6.07, 6.45) is 0. The Hall–Kier alpha value is -2.45. The maximum Gasteiger partial charge on any atom is 0.261 e. The summed E-state index contributed by atoms with van der Waals surface area (Å²) < 4.78 is 45.1. The maximum absolute atomic E-state index is 12.9. The lowest BCUT2D eigenvalue weighted by Crippen LogP contribution is -2.35. The number of nitrogens with one attached hydrogen (secondary N) is 2. The first-order chi connectivity index (χ1) is 11.8. The third-order valence-electron chi connectivity index (χ3n) is 3.30. The van der Waals surface area contributed by atoms with E-state index in [9.17, 15) is 17.6 Å². The highest BCUT2D eigenvalue weighted by molar-refractivity contribution is 7.92. The second kappa shape index (κ2) is 8.09. The minimum Gasteiger partial charge on any atom is -0.383 e. The summed E-state index contributed by atoms with van der Waals surface area (Å²) in [5.41, 5.74) is 0.440. The topological polar surface area (TPSA) is 84.5 Å². The normalized spacial score (nSPS) is 12.4. The molecule has 1 amide bonds. The van der Waals surface area contributed by atoms with Crippen LogP contribution in [0.3, 0.4) is 0 Å². The summed E-state index contributed by atoms with van der Waals surface area (Å²) in [6, 6.07) is 10.4. The molecule has 0 saturated carbocycles. The molecule has 134 valence electrons. The Morgan fingerprint density at radius 1 is 1.20 bits per heavy atom. The lowest BCUT2D eigenvalue weighted by molar-refractivity contribution is 0.0905. The Labute approximate surface area is 146 Å². The predicted octanol–water partition coefficient (Wildman–Crippen LogP) is 2.39. The van der Waals surface area contributed by atoms with Crippen molar-refractivity contribution < 1.29 is 22.3 Å². The summed E-state index contributed by atoms with van der Waals surface area (Å²) >= 11 is 0. The highest BCUT2D eigenvalue weighted by atomic mass is 32.2. The second-order valence-electron chi connectivity index (χ2n) is 5.47. The molecule has 6 nitrogen and oxygen atoms in total. The van der Waals surface area contributed by atoms with E-state index in [4.69, 9.17) is 4.74 Å². The highest BCUT2D eigenvalue weighted by Crippen LogP contribution is 2.17. The molecule has 2 aromatic rings. The van der Waals surface area contributed by atoms with Gasteiger partial charge in [-0.3, -0.25) is 9.52 Å². The highest BCUT2D eigenvalue weighted by Gasteiger charge is 2.17. The van der Waals surface area contributed by atoms with Crippen molar-refractivity contribution in [2.75, 3.05) is 18.4 Å². The number of carbonyl (C=O) groups is 1. The number of halogens is 1. The van der Waals surface area contributed by atoms with Crippen LogP contribution in [0.15, 0.2) is 53.4 Å². The molecular weight excluding hydrogens is 347 g/mol. The van der Waals surface area contributed by atoms with Gasteiger partial charge in [0.1, 0.15) is 5.82 Å². The van der Waals surface area contributed by atoms with Gasteiger partial charge in [0.05, 0.1) is 11.5 Å². The summed E-state index contributed by atoms with van der Waals surface area (Å²) in [6.45, 7) is 2.12. The van der Waals surface area contributed by atoms with E-state index < -0.39 is 21.7 Å². The molecule has 1 unspecified atom stereocenters. The SMILES string of the molecule is COCC(C)NC(=O)c1cccc(S(=O)(=O)Nc2ccc(F)cc2)c1. The summed E-state index contributed by atoms with van der Waals surface area (Å²) in [5, 5.41) is 2.71. The van der Waals surface area contributed by atoms with Gasteiger partial charge in [-0.05, 0) is 49.4 Å². The minimum atomic E-state index is -3.90. The molecule has 0 saturated heterocycles. The standard InChI is InChI=1S/C17H19FN2O4S/c1-12(11-24-2)19-17(21)13-4-3-5-16(10-13)25(22,23)20-15-8-6-14(18)7-9-15/h3-10,12,20H,11H2,1-2H3,(H,19,21). The number of benzene rings is 2. The van der Waals surface area contributed by atoms with Gasteiger partial charge in [-0.2, -0.15) is 0 Å². The third-order valence-corrected chi connectivity index (χ3v) is 4.68. The lowest BCUT2D eigenvalue weighted by atomic mass is 10.2. The van der Waals surface area contributed by atoms with Gasteiger partial charge in [-0.15, -0.1) is 0 Å². The van der Waals surface area contributed by atoms with E-state index in [0.717, 1.165) is 12.1 Å². The average molecular weight is 366 g/mol. The molecule has 1 atom stereocenters. The van der Waals surface area contributed by atoms with Crippen molar-refractivity contribution in [1.82, 2.24) is 5.32 Å². The zero-order chi connectivity index (χ0) is 18.4. The van der Waals surface area contributed by atoms with Crippen LogP contribution in [0.25, 0.3) is 0 Å². The van der Waals surface area contributed by atoms with Crippen molar-refractivity contribution in [2.24, 2.45) is 0 Å². The van der Waals surface area contributed by atoms with Crippen molar-refractivity contribution in [2.45, 2.75) is 17.9 Å². The van der Waals surface area contributed by atoms with Crippen LogP contribution in [-0.2, 0) is 14.8 Å². The molecule has 0 aromatic heterocycles. The zero-order valence-electron chi connectivity index (χ0n) is 13.8. The van der Waals surface area contributed by atoms with Gasteiger partial charge in [0.15, 0.2) is 0 Å². The van der Waals surface area contributed by atoms with Crippen LogP contribution in [-0.4, -0.2) is 34.1 Å². The van der Waals surface area contributed by atoms with Crippen LogP contribution in [0.4, 0.5) is 10.1 Å². The number of anilines is 1. The first-order valence-electron chi connectivity index (χ1n) is 7.50. The Morgan fingerprint density at radius 2 is 1.88 bits per heavy atom. The smallest absolute Gasteiger partial charge is 0.261 e. The van der Waals surface area contributed by atoms with E-state index in [-0.39, 0.29) is 22.2 Å². The second-order valence-corrected chi connectivity index (χ2v) is 7.15. The third kappa shape index (κ3) is 5.27. The van der Waals surface area contributed by atoms with Gasteiger partial charge in [0.25, 0.3) is 15.9 Å². The van der Waals surface area contributed by atoms with Crippen LogP contribution >= 0.6 is 0 Å². The molecule has 0 bridgehead atoms. The van der Waals surface area contributed by atoms with Crippen LogP contribution in [0.1, 0.15) is 17.3 Å².